The molecule has 31 heavy (non-hydrogen) atoms. The number of hydrogen-bond donors (Lipinski definition) is 1. The van der Waals surface area contributed by atoms with Crippen molar-refractivity contribution in [2.24, 2.45) is 0 Å². The first-order chi connectivity index (χ1) is 15.0. The summed E-state index contributed by atoms with van der Waals surface area (Å²) in [4.78, 5) is 29.4. The Morgan fingerprint density at radius 3 is 2.71 bits per heavy atom. The second kappa shape index (κ2) is 9.92. The van der Waals surface area contributed by atoms with Gasteiger partial charge >= 0.3 is 0 Å². The summed E-state index contributed by atoms with van der Waals surface area (Å²) in [7, 11) is 3.07. The van der Waals surface area contributed by atoms with Gasteiger partial charge in [0, 0.05) is 31.1 Å². The molecule has 0 atom stereocenters. The largest absolute Gasteiger partial charge is 0.497 e. The van der Waals surface area contributed by atoms with E-state index < -0.39 is 0 Å². The number of ether oxygens (including phenoxy) is 2. The van der Waals surface area contributed by atoms with Gasteiger partial charge in [-0.3, -0.25) is 9.59 Å². The molecule has 9 nitrogen and oxygen atoms in total. The van der Waals surface area contributed by atoms with Gasteiger partial charge in [0.2, 0.25) is 17.6 Å². The van der Waals surface area contributed by atoms with E-state index in [9.17, 15) is 9.59 Å². The van der Waals surface area contributed by atoms with Crippen molar-refractivity contribution in [3.05, 3.63) is 52.3 Å². The Balaban J connectivity index is 1.67. The van der Waals surface area contributed by atoms with E-state index in [1.54, 1.807) is 35.9 Å². The van der Waals surface area contributed by atoms with Crippen molar-refractivity contribution in [3.63, 3.8) is 0 Å². The van der Waals surface area contributed by atoms with Gasteiger partial charge in [-0.05, 0) is 37.6 Å². The average molecular weight is 426 g/mol. The Morgan fingerprint density at radius 1 is 1.19 bits per heavy atom. The molecule has 1 amide bonds. The molecule has 9 heteroatoms. The van der Waals surface area contributed by atoms with E-state index in [0.29, 0.717) is 29.3 Å². The predicted octanol–water partition coefficient (Wildman–Crippen LogP) is 3.21. The molecule has 0 bridgehead atoms. The minimum atomic E-state index is -0.233. The number of aromatic nitrogens is 3. The number of hydrogen-bond acceptors (Lipinski definition) is 7. The van der Waals surface area contributed by atoms with E-state index >= 15 is 0 Å². The van der Waals surface area contributed by atoms with E-state index in [0.717, 1.165) is 12.1 Å². The van der Waals surface area contributed by atoms with Crippen LogP contribution in [0, 0.1) is 6.92 Å². The molecule has 3 aromatic rings. The molecule has 0 fully saturated rings. The number of amides is 1. The fraction of sp³-hybridized carbons (Fsp3) is 0.364. The molecule has 1 N–H and O–H groups in total. The molecular weight excluding hydrogens is 400 g/mol. The first kappa shape index (κ1) is 22.1. The summed E-state index contributed by atoms with van der Waals surface area (Å²) in [6.07, 6.45) is 1.22. The van der Waals surface area contributed by atoms with Gasteiger partial charge in [-0.2, -0.15) is 4.98 Å². The number of carbonyl (C=O) groups excluding carboxylic acids is 1. The van der Waals surface area contributed by atoms with Crippen LogP contribution in [0.5, 0.6) is 11.5 Å². The van der Waals surface area contributed by atoms with Crippen molar-refractivity contribution >= 4 is 11.6 Å². The van der Waals surface area contributed by atoms with E-state index in [2.05, 4.69) is 15.5 Å². The molecule has 2 aromatic heterocycles. The molecule has 0 radical (unpaired) electrons. The zero-order valence-electron chi connectivity index (χ0n) is 18.1. The quantitative estimate of drug-likeness (QED) is 0.560. The molecule has 3 rings (SSSR count). The lowest BCUT2D eigenvalue weighted by Crippen LogP contribution is -2.23. The van der Waals surface area contributed by atoms with E-state index in [4.69, 9.17) is 14.0 Å². The average Bonchev–Trinajstić information content (AvgIpc) is 3.24. The smallest absolute Gasteiger partial charge is 0.261 e. The van der Waals surface area contributed by atoms with Crippen LogP contribution in [-0.4, -0.2) is 34.8 Å². The minimum absolute atomic E-state index is 0.130. The monoisotopic (exact) mass is 426 g/mol. The van der Waals surface area contributed by atoms with E-state index in [1.165, 1.54) is 7.11 Å². The lowest BCUT2D eigenvalue weighted by molar-refractivity contribution is -0.116. The van der Waals surface area contributed by atoms with Crippen LogP contribution >= 0.6 is 0 Å². The number of methoxy groups -OCH3 is 2. The van der Waals surface area contributed by atoms with Crippen molar-refractivity contribution in [2.45, 2.75) is 39.7 Å². The first-order valence-electron chi connectivity index (χ1n) is 10.0. The molecule has 0 aliphatic carbocycles. The van der Waals surface area contributed by atoms with Crippen molar-refractivity contribution in [2.75, 3.05) is 19.5 Å². The Bertz CT molecular complexity index is 1120. The second-order valence-corrected chi connectivity index (χ2v) is 6.97. The number of anilines is 1. The first-order valence-corrected chi connectivity index (χ1v) is 10.0. The molecule has 0 saturated carbocycles. The maximum atomic E-state index is 12.7. The van der Waals surface area contributed by atoms with Gasteiger partial charge in [0.05, 0.1) is 25.5 Å². The summed E-state index contributed by atoms with van der Waals surface area (Å²) in [6.45, 7) is 4.52. The van der Waals surface area contributed by atoms with E-state index in [-0.39, 0.29) is 36.0 Å². The summed E-state index contributed by atoms with van der Waals surface area (Å²) >= 11 is 0. The van der Waals surface area contributed by atoms with Crippen LogP contribution in [0.15, 0.2) is 39.6 Å². The topological polar surface area (TPSA) is 108 Å². The van der Waals surface area contributed by atoms with Crippen molar-refractivity contribution in [1.82, 2.24) is 14.7 Å². The summed E-state index contributed by atoms with van der Waals surface area (Å²) in [5, 5.41) is 6.72. The molecular formula is C22H26N4O5. The van der Waals surface area contributed by atoms with Gasteiger partial charge in [0.25, 0.3) is 5.56 Å². The van der Waals surface area contributed by atoms with Crippen molar-refractivity contribution in [3.8, 4) is 22.9 Å². The van der Waals surface area contributed by atoms with Crippen LogP contribution in [-0.2, 0) is 17.8 Å². The second-order valence-electron chi connectivity index (χ2n) is 6.97. The Hall–Kier alpha value is -3.62. The summed E-state index contributed by atoms with van der Waals surface area (Å²) in [5.74, 6) is 1.40. The molecule has 0 spiro atoms. The standard InChI is InChI=1S/C22H26N4O5/c1-5-12-26-14(2)6-8-16(22(26)28)21-24-20(31-25-21)11-10-19(27)23-17-9-7-15(29-3)13-18(17)30-4/h6-9,13H,5,10-12H2,1-4H3,(H,23,27). The van der Waals surface area contributed by atoms with Crippen LogP contribution in [0.3, 0.4) is 0 Å². The van der Waals surface area contributed by atoms with Crippen LogP contribution < -0.4 is 20.3 Å². The van der Waals surface area contributed by atoms with Gasteiger partial charge in [0.15, 0.2) is 0 Å². The summed E-state index contributed by atoms with van der Waals surface area (Å²) in [5.41, 5.74) is 1.64. The molecule has 0 unspecified atom stereocenters. The zero-order chi connectivity index (χ0) is 22.4. The van der Waals surface area contributed by atoms with E-state index in [1.807, 2.05) is 19.9 Å². The Morgan fingerprint density at radius 2 is 2.00 bits per heavy atom. The maximum absolute atomic E-state index is 12.7. The fourth-order valence-electron chi connectivity index (χ4n) is 3.14. The van der Waals surface area contributed by atoms with Crippen LogP contribution in [0.25, 0.3) is 11.4 Å². The SMILES string of the molecule is CCCn1c(C)ccc(-c2noc(CCC(=O)Nc3ccc(OC)cc3OC)n2)c1=O. The molecule has 2 heterocycles. The van der Waals surface area contributed by atoms with Crippen LogP contribution in [0.1, 0.15) is 31.4 Å². The summed E-state index contributed by atoms with van der Waals surface area (Å²) in [6, 6.07) is 8.68. The highest BCUT2D eigenvalue weighted by Gasteiger charge is 2.16. The number of rotatable bonds is 9. The highest BCUT2D eigenvalue weighted by molar-refractivity contribution is 5.92. The number of carbonyl (C=O) groups is 1. The molecule has 0 aliphatic rings. The van der Waals surface area contributed by atoms with Gasteiger partial charge in [0.1, 0.15) is 11.5 Å². The number of aryl methyl sites for hydroxylation is 2. The predicted molar refractivity (Wildman–Crippen MR) is 116 cm³/mol. The van der Waals surface area contributed by atoms with Gasteiger partial charge in [-0.25, -0.2) is 0 Å². The third kappa shape index (κ3) is 5.11. The van der Waals surface area contributed by atoms with Crippen molar-refractivity contribution < 1.29 is 18.8 Å². The highest BCUT2D eigenvalue weighted by Crippen LogP contribution is 2.29. The molecule has 164 valence electrons. The molecule has 0 saturated heterocycles. The third-order valence-corrected chi connectivity index (χ3v) is 4.80. The normalized spacial score (nSPS) is 10.7. The fourth-order valence-corrected chi connectivity index (χ4v) is 3.14. The highest BCUT2D eigenvalue weighted by atomic mass is 16.5. The number of pyridine rings is 1. The number of nitrogens with zero attached hydrogens (tertiary/aromatic N) is 3. The molecule has 0 aliphatic heterocycles. The number of benzene rings is 1. The van der Waals surface area contributed by atoms with Gasteiger partial charge in [-0.15, -0.1) is 0 Å². The van der Waals surface area contributed by atoms with Gasteiger partial charge < -0.3 is 23.9 Å². The lowest BCUT2D eigenvalue weighted by Gasteiger charge is -2.11. The van der Waals surface area contributed by atoms with Crippen molar-refractivity contribution in [1.29, 1.82) is 0 Å². The lowest BCUT2D eigenvalue weighted by atomic mass is 10.2. The molecule has 1 aromatic carbocycles. The Labute approximate surface area is 180 Å². The number of nitrogens with one attached hydrogen (secondary N) is 1. The summed E-state index contributed by atoms with van der Waals surface area (Å²) < 4.78 is 17.4. The Kier molecular flexibility index (Phi) is 7.07. The maximum Gasteiger partial charge on any atom is 0.261 e. The van der Waals surface area contributed by atoms with Crippen LogP contribution in [0.2, 0.25) is 0 Å². The van der Waals surface area contributed by atoms with Gasteiger partial charge in [-0.1, -0.05) is 12.1 Å². The zero-order valence-corrected chi connectivity index (χ0v) is 18.1. The minimum Gasteiger partial charge on any atom is -0.497 e. The van der Waals surface area contributed by atoms with Crippen LogP contribution in [0.4, 0.5) is 5.69 Å². The third-order valence-electron chi connectivity index (χ3n) is 4.80.